The molecule has 0 fully saturated rings. The molecule has 0 unspecified atom stereocenters. The quantitative estimate of drug-likeness (QED) is 0.754. The molecule has 0 radical (unpaired) electrons. The highest BCUT2D eigenvalue weighted by Gasteiger charge is 2.11. The highest BCUT2D eigenvalue weighted by Crippen LogP contribution is 2.32. The van der Waals surface area contributed by atoms with Gasteiger partial charge < -0.3 is 14.6 Å². The third-order valence-electron chi connectivity index (χ3n) is 2.64. The van der Waals surface area contributed by atoms with Crippen LogP contribution in [0.1, 0.15) is 0 Å². The van der Waals surface area contributed by atoms with E-state index in [1.54, 1.807) is 24.5 Å². The Balaban J connectivity index is 2.12. The number of hydrogen-bond acceptors (Lipinski definition) is 6. The number of aromatic nitrogens is 1. The molecular formula is C14H9NO4S. The van der Waals surface area contributed by atoms with Gasteiger partial charge in [0.15, 0.2) is 10.5 Å². The maximum Gasteiger partial charge on any atom is 0.197 e. The van der Waals surface area contributed by atoms with Crippen molar-refractivity contribution in [2.45, 2.75) is 9.99 Å². The zero-order valence-electron chi connectivity index (χ0n) is 10.1. The fraction of sp³-hybridized carbons (Fsp3) is 0. The average molecular weight is 287 g/mol. The zero-order chi connectivity index (χ0) is 14.1. The van der Waals surface area contributed by atoms with Crippen LogP contribution in [0.5, 0.6) is 11.5 Å². The van der Waals surface area contributed by atoms with Crippen molar-refractivity contribution >= 4 is 22.7 Å². The first-order valence-corrected chi connectivity index (χ1v) is 6.53. The molecule has 3 rings (SSSR count). The summed E-state index contributed by atoms with van der Waals surface area (Å²) in [5.74, 6) is -0.460. The SMILES string of the molecule is O=c1cc(Sc2ccncc2)oc2cc(O)cc(O)c12. The first-order chi connectivity index (χ1) is 9.63. The van der Waals surface area contributed by atoms with Crippen LogP contribution < -0.4 is 5.43 Å². The molecule has 0 spiro atoms. The lowest BCUT2D eigenvalue weighted by Gasteiger charge is -2.04. The Morgan fingerprint density at radius 3 is 2.60 bits per heavy atom. The summed E-state index contributed by atoms with van der Waals surface area (Å²) < 4.78 is 5.53. The van der Waals surface area contributed by atoms with Crippen molar-refractivity contribution in [3.05, 3.63) is 52.9 Å². The van der Waals surface area contributed by atoms with Gasteiger partial charge in [0.1, 0.15) is 22.5 Å². The van der Waals surface area contributed by atoms with E-state index in [4.69, 9.17) is 4.42 Å². The summed E-state index contributed by atoms with van der Waals surface area (Å²) in [4.78, 5) is 16.8. The number of fused-ring (bicyclic) bond motifs is 1. The lowest BCUT2D eigenvalue weighted by Crippen LogP contribution is -2.00. The lowest BCUT2D eigenvalue weighted by molar-refractivity contribution is 0.446. The van der Waals surface area contributed by atoms with Crippen molar-refractivity contribution < 1.29 is 14.6 Å². The van der Waals surface area contributed by atoms with Crippen LogP contribution in [0.3, 0.4) is 0 Å². The summed E-state index contributed by atoms with van der Waals surface area (Å²) in [6.07, 6.45) is 3.28. The smallest absolute Gasteiger partial charge is 0.197 e. The van der Waals surface area contributed by atoms with Gasteiger partial charge in [-0.1, -0.05) is 11.8 Å². The molecular weight excluding hydrogens is 278 g/mol. The molecule has 20 heavy (non-hydrogen) atoms. The Kier molecular flexibility index (Phi) is 3.08. The molecule has 2 heterocycles. The summed E-state index contributed by atoms with van der Waals surface area (Å²) in [6, 6.07) is 7.29. The molecule has 6 heteroatoms. The number of benzene rings is 1. The molecule has 0 saturated heterocycles. The van der Waals surface area contributed by atoms with Crippen LogP contribution in [0.15, 0.2) is 61.9 Å². The van der Waals surface area contributed by atoms with E-state index >= 15 is 0 Å². The van der Waals surface area contributed by atoms with Crippen LogP contribution in [-0.2, 0) is 0 Å². The van der Waals surface area contributed by atoms with Crippen molar-refractivity contribution in [1.29, 1.82) is 0 Å². The van der Waals surface area contributed by atoms with Crippen molar-refractivity contribution in [2.75, 3.05) is 0 Å². The fourth-order valence-electron chi connectivity index (χ4n) is 1.80. The summed E-state index contributed by atoms with van der Waals surface area (Å²) in [5, 5.41) is 19.6. The lowest BCUT2D eigenvalue weighted by atomic mass is 10.2. The Morgan fingerprint density at radius 1 is 1.10 bits per heavy atom. The van der Waals surface area contributed by atoms with Gasteiger partial charge >= 0.3 is 0 Å². The first kappa shape index (κ1) is 12.6. The van der Waals surface area contributed by atoms with Crippen molar-refractivity contribution in [1.82, 2.24) is 4.98 Å². The predicted octanol–water partition coefficient (Wildman–Crippen LogP) is 2.75. The van der Waals surface area contributed by atoms with E-state index in [0.717, 1.165) is 11.0 Å². The van der Waals surface area contributed by atoms with E-state index in [0.29, 0.717) is 5.09 Å². The summed E-state index contributed by atoms with van der Waals surface area (Å²) in [6.45, 7) is 0. The van der Waals surface area contributed by atoms with Gasteiger partial charge in [0.25, 0.3) is 0 Å². The van der Waals surface area contributed by atoms with Gasteiger partial charge in [0.05, 0.1) is 0 Å². The van der Waals surface area contributed by atoms with E-state index in [-0.39, 0.29) is 27.9 Å². The minimum absolute atomic E-state index is 0.0573. The van der Waals surface area contributed by atoms with Gasteiger partial charge in [-0.05, 0) is 12.1 Å². The van der Waals surface area contributed by atoms with Crippen molar-refractivity contribution in [3.63, 3.8) is 0 Å². The van der Waals surface area contributed by atoms with Crippen LogP contribution in [0.2, 0.25) is 0 Å². The fourth-order valence-corrected chi connectivity index (χ4v) is 2.59. The van der Waals surface area contributed by atoms with Crippen LogP contribution in [0.4, 0.5) is 0 Å². The third-order valence-corrected chi connectivity index (χ3v) is 3.55. The number of phenols is 2. The van der Waals surface area contributed by atoms with Crippen LogP contribution in [-0.4, -0.2) is 15.2 Å². The molecule has 0 aliphatic rings. The van der Waals surface area contributed by atoms with Gasteiger partial charge in [-0.25, -0.2) is 0 Å². The number of phenolic OH excluding ortho intramolecular Hbond substituents is 2. The predicted molar refractivity (Wildman–Crippen MR) is 74.2 cm³/mol. The highest BCUT2D eigenvalue weighted by molar-refractivity contribution is 7.99. The molecule has 0 aliphatic carbocycles. The molecule has 0 bridgehead atoms. The molecule has 1 aromatic carbocycles. The second kappa shape index (κ2) is 4.90. The van der Waals surface area contributed by atoms with Gasteiger partial charge in [-0.3, -0.25) is 9.78 Å². The van der Waals surface area contributed by atoms with Crippen LogP contribution >= 0.6 is 11.8 Å². The Labute approximate surface area is 117 Å². The number of nitrogens with zero attached hydrogens (tertiary/aromatic N) is 1. The van der Waals surface area contributed by atoms with Crippen LogP contribution in [0.25, 0.3) is 11.0 Å². The molecule has 2 N–H and O–H groups in total. The standard InChI is InChI=1S/C14H9NO4S/c16-8-5-10(17)14-11(18)7-13(19-12(14)6-8)20-9-1-3-15-4-2-9/h1-7,16-17H. The summed E-state index contributed by atoms with van der Waals surface area (Å²) in [7, 11) is 0. The van der Waals surface area contributed by atoms with E-state index in [1.807, 2.05) is 0 Å². The van der Waals surface area contributed by atoms with Gasteiger partial charge in [-0.15, -0.1) is 0 Å². The monoisotopic (exact) mass is 287 g/mol. The average Bonchev–Trinajstić information content (AvgIpc) is 2.38. The van der Waals surface area contributed by atoms with Gasteiger partial charge in [-0.2, -0.15) is 0 Å². The molecule has 0 aliphatic heterocycles. The molecule has 0 saturated carbocycles. The maximum absolute atomic E-state index is 12.0. The third kappa shape index (κ3) is 2.33. The molecule has 5 nitrogen and oxygen atoms in total. The number of rotatable bonds is 2. The molecule has 3 aromatic rings. The molecule has 0 atom stereocenters. The number of hydrogen-bond donors (Lipinski definition) is 2. The highest BCUT2D eigenvalue weighted by atomic mass is 32.2. The minimum atomic E-state index is -0.361. The Morgan fingerprint density at radius 2 is 1.85 bits per heavy atom. The minimum Gasteiger partial charge on any atom is -0.508 e. The number of pyridine rings is 1. The van der Waals surface area contributed by atoms with Gasteiger partial charge in [0, 0.05) is 35.5 Å². The normalized spacial score (nSPS) is 10.8. The van der Waals surface area contributed by atoms with Crippen molar-refractivity contribution in [2.24, 2.45) is 0 Å². The van der Waals surface area contributed by atoms with Crippen LogP contribution in [0, 0.1) is 0 Å². The summed E-state index contributed by atoms with van der Waals surface area (Å²) in [5.41, 5.74) is -0.216. The second-order valence-corrected chi connectivity index (χ2v) is 5.13. The largest absolute Gasteiger partial charge is 0.508 e. The van der Waals surface area contributed by atoms with E-state index < -0.39 is 0 Å². The molecule has 100 valence electrons. The van der Waals surface area contributed by atoms with E-state index in [1.165, 1.54) is 23.9 Å². The van der Waals surface area contributed by atoms with E-state index in [9.17, 15) is 15.0 Å². The van der Waals surface area contributed by atoms with Crippen molar-refractivity contribution in [3.8, 4) is 11.5 Å². The maximum atomic E-state index is 12.0. The van der Waals surface area contributed by atoms with Gasteiger partial charge in [0.2, 0.25) is 0 Å². The zero-order valence-corrected chi connectivity index (χ0v) is 10.9. The molecule has 0 amide bonds. The topological polar surface area (TPSA) is 83.6 Å². The first-order valence-electron chi connectivity index (χ1n) is 5.71. The Hall–Kier alpha value is -2.47. The second-order valence-electron chi connectivity index (χ2n) is 4.05. The molecule has 2 aromatic heterocycles. The summed E-state index contributed by atoms with van der Waals surface area (Å²) >= 11 is 1.26. The number of aromatic hydroxyl groups is 2. The van der Waals surface area contributed by atoms with E-state index in [2.05, 4.69) is 4.98 Å². The Bertz CT molecular complexity index is 830.